The first-order chi connectivity index (χ1) is 16.9. The molecule has 0 heterocycles. The molecule has 3 rings (SSSR count). The van der Waals surface area contributed by atoms with E-state index in [0.717, 1.165) is 34.8 Å². The van der Waals surface area contributed by atoms with Gasteiger partial charge in [0.2, 0.25) is 10.0 Å². The minimum atomic E-state index is -4.76. The second-order valence-electron chi connectivity index (χ2n) is 7.58. The summed E-state index contributed by atoms with van der Waals surface area (Å²) in [6.45, 7) is -0.500. The van der Waals surface area contributed by atoms with Gasteiger partial charge in [-0.25, -0.2) is 12.8 Å². The summed E-state index contributed by atoms with van der Waals surface area (Å²) >= 11 is 0. The highest BCUT2D eigenvalue weighted by Gasteiger charge is 2.34. The zero-order chi connectivity index (χ0) is 26.7. The minimum absolute atomic E-state index is 0.00600. The molecule has 0 atom stereocenters. The van der Waals surface area contributed by atoms with Crippen molar-refractivity contribution in [3.05, 3.63) is 83.2 Å². The van der Waals surface area contributed by atoms with E-state index in [2.05, 4.69) is 5.32 Å². The fourth-order valence-electron chi connectivity index (χ4n) is 3.45. The average Bonchev–Trinajstić information content (AvgIpc) is 2.81. The van der Waals surface area contributed by atoms with E-state index in [4.69, 9.17) is 9.47 Å². The lowest BCUT2D eigenvalue weighted by atomic mass is 10.1. The van der Waals surface area contributed by atoms with Gasteiger partial charge in [-0.15, -0.1) is 0 Å². The number of methoxy groups -OCH3 is 2. The number of hydrogen-bond acceptors (Lipinski definition) is 5. The molecule has 0 aliphatic heterocycles. The van der Waals surface area contributed by atoms with Crippen LogP contribution in [-0.2, 0) is 22.7 Å². The predicted octanol–water partition coefficient (Wildman–Crippen LogP) is 5.08. The number of benzene rings is 3. The van der Waals surface area contributed by atoms with Crippen molar-refractivity contribution in [2.24, 2.45) is 0 Å². The Balaban J connectivity index is 2.18. The number of hydrogen-bond donors (Lipinski definition) is 1. The van der Waals surface area contributed by atoms with Gasteiger partial charge in [0.25, 0.3) is 5.91 Å². The van der Waals surface area contributed by atoms with E-state index in [-0.39, 0.29) is 28.3 Å². The molecule has 36 heavy (non-hydrogen) atoms. The summed E-state index contributed by atoms with van der Waals surface area (Å²) in [6.07, 6.45) is -3.90. The molecule has 7 nitrogen and oxygen atoms in total. The standard InChI is InChI=1S/C24H22F4N2O5S/c1-34-21-12-16(23(31)29-19-11-7-5-9-17(19)24(26,27)28)20(13-22(21)35-2)30(36(3,32)33)14-15-8-4-6-10-18(15)25/h4-13H,14H2,1-3H3,(H,29,31). The van der Waals surface area contributed by atoms with Crippen molar-refractivity contribution in [3.8, 4) is 11.5 Å². The van der Waals surface area contributed by atoms with Gasteiger partial charge in [-0.2, -0.15) is 13.2 Å². The second kappa shape index (κ2) is 10.4. The highest BCUT2D eigenvalue weighted by Crippen LogP contribution is 2.39. The lowest BCUT2D eigenvalue weighted by Crippen LogP contribution is -2.32. The first-order valence-corrected chi connectivity index (χ1v) is 12.2. The number of para-hydroxylation sites is 1. The predicted molar refractivity (Wildman–Crippen MR) is 126 cm³/mol. The van der Waals surface area contributed by atoms with Crippen LogP contribution in [-0.4, -0.2) is 34.8 Å². The topological polar surface area (TPSA) is 84.9 Å². The van der Waals surface area contributed by atoms with Crippen molar-refractivity contribution >= 4 is 27.3 Å². The monoisotopic (exact) mass is 526 g/mol. The molecule has 192 valence electrons. The van der Waals surface area contributed by atoms with Crippen LogP contribution in [0.2, 0.25) is 0 Å². The van der Waals surface area contributed by atoms with Crippen LogP contribution in [0.3, 0.4) is 0 Å². The Morgan fingerprint density at radius 3 is 2.14 bits per heavy atom. The lowest BCUT2D eigenvalue weighted by Gasteiger charge is -2.26. The van der Waals surface area contributed by atoms with Crippen molar-refractivity contribution < 1.29 is 40.2 Å². The maximum absolute atomic E-state index is 14.4. The minimum Gasteiger partial charge on any atom is -0.493 e. The largest absolute Gasteiger partial charge is 0.493 e. The van der Waals surface area contributed by atoms with Crippen molar-refractivity contribution in [2.75, 3.05) is 30.1 Å². The number of anilines is 2. The molecule has 0 radical (unpaired) electrons. The number of carbonyl (C=O) groups excluding carboxylic acids is 1. The molecule has 0 unspecified atom stereocenters. The number of rotatable bonds is 8. The van der Waals surface area contributed by atoms with E-state index in [0.29, 0.717) is 0 Å². The third-order valence-corrected chi connectivity index (χ3v) is 6.29. The van der Waals surface area contributed by atoms with Crippen LogP contribution in [0.5, 0.6) is 11.5 Å². The fraction of sp³-hybridized carbons (Fsp3) is 0.208. The van der Waals surface area contributed by atoms with Gasteiger partial charge in [0.05, 0.1) is 49.5 Å². The molecule has 1 N–H and O–H groups in total. The Hall–Kier alpha value is -3.80. The van der Waals surface area contributed by atoms with E-state index in [1.165, 1.54) is 50.6 Å². The van der Waals surface area contributed by atoms with Gasteiger partial charge in [0.15, 0.2) is 11.5 Å². The molecular weight excluding hydrogens is 504 g/mol. The SMILES string of the molecule is COc1cc(C(=O)Nc2ccccc2C(F)(F)F)c(N(Cc2ccccc2F)S(C)(=O)=O)cc1OC. The molecule has 0 aliphatic rings. The highest BCUT2D eigenvalue weighted by atomic mass is 32.2. The maximum atomic E-state index is 14.4. The molecule has 12 heteroatoms. The average molecular weight is 527 g/mol. The normalized spacial score (nSPS) is 11.6. The van der Waals surface area contributed by atoms with Gasteiger partial charge in [0, 0.05) is 11.6 Å². The second-order valence-corrected chi connectivity index (χ2v) is 9.49. The van der Waals surface area contributed by atoms with Crippen LogP contribution < -0.4 is 19.1 Å². The number of sulfonamides is 1. The quantitative estimate of drug-likeness (QED) is 0.414. The number of ether oxygens (including phenoxy) is 2. The molecule has 3 aromatic carbocycles. The highest BCUT2D eigenvalue weighted by molar-refractivity contribution is 7.92. The van der Waals surface area contributed by atoms with Crippen molar-refractivity contribution in [3.63, 3.8) is 0 Å². The van der Waals surface area contributed by atoms with Crippen molar-refractivity contribution in [2.45, 2.75) is 12.7 Å². The van der Waals surface area contributed by atoms with Crippen LogP contribution in [0, 0.1) is 5.82 Å². The molecule has 0 saturated heterocycles. The molecule has 0 spiro atoms. The summed E-state index contributed by atoms with van der Waals surface area (Å²) in [7, 11) is -1.58. The molecule has 0 aliphatic carbocycles. The van der Waals surface area contributed by atoms with E-state index in [1.807, 2.05) is 0 Å². The van der Waals surface area contributed by atoms with Gasteiger partial charge in [-0.05, 0) is 24.3 Å². The van der Waals surface area contributed by atoms with Crippen molar-refractivity contribution in [1.82, 2.24) is 0 Å². The molecule has 1 amide bonds. The summed E-state index contributed by atoms with van der Waals surface area (Å²) in [5.74, 6) is -1.67. The first kappa shape index (κ1) is 26.8. The summed E-state index contributed by atoms with van der Waals surface area (Å²) in [5, 5.41) is 2.19. The Morgan fingerprint density at radius 1 is 0.972 bits per heavy atom. The summed E-state index contributed by atoms with van der Waals surface area (Å²) in [5.41, 5.74) is -2.21. The van der Waals surface area contributed by atoms with E-state index in [1.54, 1.807) is 0 Å². The summed E-state index contributed by atoms with van der Waals surface area (Å²) < 4.78 is 91.5. The van der Waals surface area contributed by atoms with Gasteiger partial charge < -0.3 is 14.8 Å². The number of carbonyl (C=O) groups is 1. The van der Waals surface area contributed by atoms with Crippen LogP contribution in [0.1, 0.15) is 21.5 Å². The zero-order valence-corrected chi connectivity index (χ0v) is 20.2. The van der Waals surface area contributed by atoms with Crippen LogP contribution in [0.15, 0.2) is 60.7 Å². The molecule has 0 fully saturated rings. The summed E-state index contributed by atoms with van der Waals surface area (Å²) in [4.78, 5) is 13.3. The number of amides is 1. The van der Waals surface area contributed by atoms with Crippen LogP contribution >= 0.6 is 0 Å². The Kier molecular flexibility index (Phi) is 7.77. The Labute approximate surface area is 205 Å². The Bertz CT molecular complexity index is 1380. The number of nitrogens with zero attached hydrogens (tertiary/aromatic N) is 1. The Morgan fingerprint density at radius 2 is 1.56 bits per heavy atom. The molecule has 0 saturated carbocycles. The fourth-order valence-corrected chi connectivity index (χ4v) is 4.33. The van der Waals surface area contributed by atoms with Gasteiger partial charge in [-0.1, -0.05) is 30.3 Å². The number of nitrogens with one attached hydrogen (secondary N) is 1. The zero-order valence-electron chi connectivity index (χ0n) is 19.4. The van der Waals surface area contributed by atoms with E-state index < -0.39 is 45.7 Å². The molecule has 0 bridgehead atoms. The third kappa shape index (κ3) is 5.88. The number of halogens is 4. The molecule has 0 aromatic heterocycles. The third-order valence-electron chi connectivity index (χ3n) is 5.17. The lowest BCUT2D eigenvalue weighted by molar-refractivity contribution is -0.136. The first-order valence-electron chi connectivity index (χ1n) is 10.3. The van der Waals surface area contributed by atoms with Gasteiger partial charge in [0.1, 0.15) is 5.82 Å². The van der Waals surface area contributed by atoms with Crippen molar-refractivity contribution in [1.29, 1.82) is 0 Å². The van der Waals surface area contributed by atoms with Gasteiger partial charge >= 0.3 is 6.18 Å². The van der Waals surface area contributed by atoms with Crippen LogP contribution in [0.25, 0.3) is 0 Å². The van der Waals surface area contributed by atoms with E-state index in [9.17, 15) is 30.8 Å². The molecular formula is C24H22F4N2O5S. The number of alkyl halides is 3. The van der Waals surface area contributed by atoms with Crippen LogP contribution in [0.4, 0.5) is 28.9 Å². The maximum Gasteiger partial charge on any atom is 0.418 e. The smallest absolute Gasteiger partial charge is 0.418 e. The van der Waals surface area contributed by atoms with E-state index >= 15 is 0 Å². The van der Waals surface area contributed by atoms with Gasteiger partial charge in [-0.3, -0.25) is 9.10 Å². The summed E-state index contributed by atoms with van der Waals surface area (Å²) in [6, 6.07) is 12.1. The molecule has 3 aromatic rings.